The molecule has 0 spiro atoms. The quantitative estimate of drug-likeness (QED) is 0.675. The zero-order valence-electron chi connectivity index (χ0n) is 11.3. The topological polar surface area (TPSA) is 54.9 Å². The van der Waals surface area contributed by atoms with Crippen LogP contribution < -0.4 is 5.32 Å². The maximum absolute atomic E-state index is 12.3. The molecule has 0 radical (unpaired) electrons. The highest BCUT2D eigenvalue weighted by Gasteiger charge is 2.14. The molecular formula is C14H13Cl2N3O. The molecular weight excluding hydrogens is 297 g/mol. The van der Waals surface area contributed by atoms with Crippen LogP contribution in [0.4, 0.5) is 5.82 Å². The lowest BCUT2D eigenvalue weighted by molar-refractivity contribution is 0.102. The molecule has 1 heterocycles. The summed E-state index contributed by atoms with van der Waals surface area (Å²) in [5.41, 5.74) is 3.56. The maximum Gasteiger partial charge on any atom is 0.257 e. The van der Waals surface area contributed by atoms with Gasteiger partial charge in [0.1, 0.15) is 11.0 Å². The number of aromatic nitrogens is 2. The molecule has 0 saturated carbocycles. The van der Waals surface area contributed by atoms with Crippen molar-refractivity contribution >= 4 is 34.9 Å². The summed E-state index contributed by atoms with van der Waals surface area (Å²) >= 11 is 11.5. The first-order valence-electron chi connectivity index (χ1n) is 5.96. The Morgan fingerprint density at radius 3 is 2.20 bits per heavy atom. The van der Waals surface area contributed by atoms with Gasteiger partial charge in [-0.15, -0.1) is 0 Å². The van der Waals surface area contributed by atoms with Crippen LogP contribution in [0.15, 0.2) is 18.2 Å². The normalized spacial score (nSPS) is 10.4. The number of amides is 1. The van der Waals surface area contributed by atoms with E-state index >= 15 is 0 Å². The number of halogens is 2. The molecule has 104 valence electrons. The Kier molecular flexibility index (Phi) is 4.26. The molecule has 0 atom stereocenters. The van der Waals surface area contributed by atoms with Gasteiger partial charge in [0.05, 0.1) is 0 Å². The van der Waals surface area contributed by atoms with E-state index in [0.717, 1.165) is 16.7 Å². The Morgan fingerprint density at radius 1 is 1.05 bits per heavy atom. The number of hydrogen-bond donors (Lipinski definition) is 1. The van der Waals surface area contributed by atoms with Gasteiger partial charge < -0.3 is 5.32 Å². The summed E-state index contributed by atoms with van der Waals surface area (Å²) in [6.45, 7) is 5.79. The van der Waals surface area contributed by atoms with Gasteiger partial charge in [-0.25, -0.2) is 9.97 Å². The van der Waals surface area contributed by atoms with Gasteiger partial charge in [0.2, 0.25) is 5.28 Å². The smallest absolute Gasteiger partial charge is 0.257 e. The lowest BCUT2D eigenvalue weighted by atomic mass is 9.99. The molecule has 2 aromatic rings. The molecule has 0 unspecified atom stereocenters. The number of aryl methyl sites for hydroxylation is 3. The number of nitrogens with zero attached hydrogens (tertiary/aromatic N) is 2. The van der Waals surface area contributed by atoms with Gasteiger partial charge in [-0.3, -0.25) is 4.79 Å². The predicted molar refractivity (Wildman–Crippen MR) is 80.7 cm³/mol. The van der Waals surface area contributed by atoms with Crippen LogP contribution in [-0.2, 0) is 0 Å². The SMILES string of the molecule is Cc1cc(C)c(C(=O)Nc2cc(Cl)nc(Cl)n2)c(C)c1. The summed E-state index contributed by atoms with van der Waals surface area (Å²) in [5, 5.41) is 2.85. The zero-order valence-corrected chi connectivity index (χ0v) is 12.8. The van der Waals surface area contributed by atoms with E-state index in [0.29, 0.717) is 5.56 Å². The lowest BCUT2D eigenvalue weighted by Gasteiger charge is -2.11. The molecule has 0 aliphatic heterocycles. The van der Waals surface area contributed by atoms with E-state index in [2.05, 4.69) is 15.3 Å². The van der Waals surface area contributed by atoms with Crippen molar-refractivity contribution < 1.29 is 4.79 Å². The molecule has 2 rings (SSSR count). The minimum absolute atomic E-state index is 0.00912. The minimum atomic E-state index is -0.245. The van der Waals surface area contributed by atoms with Crippen molar-refractivity contribution in [1.29, 1.82) is 0 Å². The van der Waals surface area contributed by atoms with Gasteiger partial charge in [-0.2, -0.15) is 0 Å². The Morgan fingerprint density at radius 2 is 1.65 bits per heavy atom. The Hall–Kier alpha value is -1.65. The third kappa shape index (κ3) is 3.26. The van der Waals surface area contributed by atoms with Crippen LogP contribution in [0.2, 0.25) is 10.4 Å². The second-order valence-electron chi connectivity index (χ2n) is 4.57. The van der Waals surface area contributed by atoms with Crippen molar-refractivity contribution in [2.45, 2.75) is 20.8 Å². The van der Waals surface area contributed by atoms with Crippen molar-refractivity contribution in [3.8, 4) is 0 Å². The van der Waals surface area contributed by atoms with Crippen LogP contribution in [-0.4, -0.2) is 15.9 Å². The van der Waals surface area contributed by atoms with Gasteiger partial charge in [0.25, 0.3) is 5.91 Å². The first-order valence-corrected chi connectivity index (χ1v) is 6.71. The van der Waals surface area contributed by atoms with E-state index in [1.165, 1.54) is 6.07 Å². The molecule has 0 aliphatic rings. The second kappa shape index (κ2) is 5.77. The van der Waals surface area contributed by atoms with Crippen LogP contribution >= 0.6 is 23.2 Å². The zero-order chi connectivity index (χ0) is 14.9. The lowest BCUT2D eigenvalue weighted by Crippen LogP contribution is -2.16. The molecule has 1 N–H and O–H groups in total. The third-order valence-corrected chi connectivity index (χ3v) is 3.18. The summed E-state index contributed by atoms with van der Waals surface area (Å²) < 4.78 is 0. The van der Waals surface area contributed by atoms with Gasteiger partial charge >= 0.3 is 0 Å². The number of anilines is 1. The molecule has 6 heteroatoms. The van der Waals surface area contributed by atoms with Crippen molar-refractivity contribution in [2.75, 3.05) is 5.32 Å². The van der Waals surface area contributed by atoms with Gasteiger partial charge in [0.15, 0.2) is 0 Å². The highest BCUT2D eigenvalue weighted by atomic mass is 35.5. The Bertz CT molecular complexity index is 643. The maximum atomic E-state index is 12.3. The number of hydrogen-bond acceptors (Lipinski definition) is 3. The van der Waals surface area contributed by atoms with Gasteiger partial charge in [0, 0.05) is 11.6 Å². The molecule has 4 nitrogen and oxygen atoms in total. The van der Waals surface area contributed by atoms with Gasteiger partial charge in [-0.05, 0) is 43.5 Å². The molecule has 1 aromatic heterocycles. The fourth-order valence-corrected chi connectivity index (χ4v) is 2.58. The van der Waals surface area contributed by atoms with Crippen molar-refractivity contribution in [2.24, 2.45) is 0 Å². The standard InChI is InChI=1S/C14H13Cl2N3O/c1-7-4-8(2)12(9(3)5-7)13(20)18-11-6-10(15)17-14(16)19-11/h4-6H,1-3H3,(H,17,18,19,20). The van der Waals surface area contributed by atoms with E-state index < -0.39 is 0 Å². The summed E-state index contributed by atoms with van der Waals surface area (Å²) in [6, 6.07) is 5.37. The summed E-state index contributed by atoms with van der Waals surface area (Å²) in [6.07, 6.45) is 0. The van der Waals surface area contributed by atoms with Crippen LogP contribution in [0, 0.1) is 20.8 Å². The van der Waals surface area contributed by atoms with Crippen LogP contribution in [0.1, 0.15) is 27.0 Å². The first-order chi connectivity index (χ1) is 9.36. The third-order valence-electron chi connectivity index (χ3n) is 2.81. The molecule has 1 amide bonds. The highest BCUT2D eigenvalue weighted by Crippen LogP contribution is 2.19. The summed E-state index contributed by atoms with van der Waals surface area (Å²) in [7, 11) is 0. The number of benzene rings is 1. The fraction of sp³-hybridized carbons (Fsp3) is 0.214. The summed E-state index contributed by atoms with van der Waals surface area (Å²) in [4.78, 5) is 20.0. The molecule has 0 saturated heterocycles. The fourth-order valence-electron chi connectivity index (χ4n) is 2.17. The largest absolute Gasteiger partial charge is 0.306 e. The molecule has 1 aromatic carbocycles. The molecule has 0 bridgehead atoms. The minimum Gasteiger partial charge on any atom is -0.306 e. The monoisotopic (exact) mass is 309 g/mol. The summed E-state index contributed by atoms with van der Waals surface area (Å²) in [5.74, 6) is 0.0326. The Balaban J connectivity index is 2.33. The van der Waals surface area contributed by atoms with E-state index in [-0.39, 0.29) is 22.2 Å². The Labute approximate surface area is 127 Å². The number of nitrogens with one attached hydrogen (secondary N) is 1. The van der Waals surface area contributed by atoms with E-state index in [4.69, 9.17) is 23.2 Å². The molecule has 20 heavy (non-hydrogen) atoms. The molecule has 0 fully saturated rings. The van der Waals surface area contributed by atoms with Gasteiger partial charge in [-0.1, -0.05) is 29.3 Å². The predicted octanol–water partition coefficient (Wildman–Crippen LogP) is 3.96. The number of carbonyl (C=O) groups is 1. The van der Waals surface area contributed by atoms with Crippen molar-refractivity contribution in [1.82, 2.24) is 9.97 Å². The molecule has 0 aliphatic carbocycles. The number of rotatable bonds is 2. The van der Waals surface area contributed by atoms with Crippen molar-refractivity contribution in [3.63, 3.8) is 0 Å². The van der Waals surface area contributed by atoms with Crippen LogP contribution in [0.25, 0.3) is 0 Å². The average molecular weight is 310 g/mol. The van der Waals surface area contributed by atoms with Crippen LogP contribution in [0.5, 0.6) is 0 Å². The van der Waals surface area contributed by atoms with E-state index in [1.807, 2.05) is 32.9 Å². The van der Waals surface area contributed by atoms with Crippen LogP contribution in [0.3, 0.4) is 0 Å². The average Bonchev–Trinajstić information content (AvgIpc) is 2.25. The first kappa shape index (κ1) is 14.8. The number of carbonyl (C=O) groups excluding carboxylic acids is 1. The van der Waals surface area contributed by atoms with E-state index in [9.17, 15) is 4.79 Å². The highest BCUT2D eigenvalue weighted by molar-refractivity contribution is 6.32. The van der Waals surface area contributed by atoms with E-state index in [1.54, 1.807) is 0 Å². The van der Waals surface area contributed by atoms with Crippen molar-refractivity contribution in [3.05, 3.63) is 50.9 Å². The second-order valence-corrected chi connectivity index (χ2v) is 5.30.